The fourth-order valence-electron chi connectivity index (χ4n) is 5.28. The van der Waals surface area contributed by atoms with E-state index in [1.165, 1.54) is 10.4 Å². The van der Waals surface area contributed by atoms with Gasteiger partial charge in [0.15, 0.2) is 0 Å². The van der Waals surface area contributed by atoms with Gasteiger partial charge in [0.05, 0.1) is 18.3 Å². The number of aliphatic hydroxyl groups is 1. The molecule has 184 valence electrons. The van der Waals surface area contributed by atoms with Crippen LogP contribution in [0.2, 0.25) is 5.04 Å². The van der Waals surface area contributed by atoms with Gasteiger partial charge in [-0.05, 0) is 33.8 Å². The predicted molar refractivity (Wildman–Crippen MR) is 148 cm³/mol. The molecule has 3 aromatic carbocycles. The van der Waals surface area contributed by atoms with Crippen LogP contribution in [0, 0.1) is 0 Å². The van der Waals surface area contributed by atoms with Crippen LogP contribution < -0.4 is 10.4 Å². The first-order valence-electron chi connectivity index (χ1n) is 12.7. The van der Waals surface area contributed by atoms with E-state index in [2.05, 4.69) is 106 Å². The molecule has 1 N–H and O–H groups in total. The molecule has 0 radical (unpaired) electrons. The van der Waals surface area contributed by atoms with Crippen molar-refractivity contribution in [3.63, 3.8) is 0 Å². The van der Waals surface area contributed by atoms with Crippen molar-refractivity contribution >= 4 is 24.8 Å². The minimum absolute atomic E-state index is 0.0256. The maximum Gasteiger partial charge on any atom is 0.261 e. The second-order valence-corrected chi connectivity index (χ2v) is 14.7. The molecule has 3 aromatic rings. The number of rotatable bonds is 8. The van der Waals surface area contributed by atoms with E-state index in [1.54, 1.807) is 0 Å². The topological polar surface area (TPSA) is 38.7 Å². The molecular weight excluding hydrogens is 448 g/mol. The lowest BCUT2D eigenvalue weighted by molar-refractivity contribution is -0.0776. The third-order valence-electron chi connectivity index (χ3n) is 6.90. The smallest absolute Gasteiger partial charge is 0.261 e. The fraction of sp³-hybridized carbons (Fsp3) is 0.355. The minimum Gasteiger partial charge on any atom is -0.404 e. The Hall–Kier alpha value is -2.50. The van der Waals surface area contributed by atoms with Crippen molar-refractivity contribution in [2.45, 2.75) is 63.4 Å². The first-order chi connectivity index (χ1) is 16.9. The van der Waals surface area contributed by atoms with Gasteiger partial charge in [-0.1, -0.05) is 124 Å². The van der Waals surface area contributed by atoms with Gasteiger partial charge in [-0.3, -0.25) is 0 Å². The summed E-state index contributed by atoms with van der Waals surface area (Å²) in [4.78, 5) is 0. The van der Waals surface area contributed by atoms with Gasteiger partial charge in [-0.15, -0.1) is 0 Å². The molecule has 0 bridgehead atoms. The quantitative estimate of drug-likeness (QED) is 0.423. The predicted octanol–water partition coefficient (Wildman–Crippen LogP) is 5.58. The van der Waals surface area contributed by atoms with E-state index >= 15 is 0 Å². The lowest BCUT2D eigenvalue weighted by Gasteiger charge is -2.47. The molecule has 0 aliphatic carbocycles. The number of benzene rings is 3. The standard InChI is InChI=1S/C31H38O3Si/c1-31(2,3)35(29-15-9-5-10-16-29,30-17-11-6-12-18-30)34-28-23-26(33-27(24-28)21-22-32)20-19-25-13-7-4-8-14-25/h4-20,26-28,32H,21-24H2,1-3H3/b20-19+/t26-,27+,28+/m0/s1. The van der Waals surface area contributed by atoms with E-state index in [-0.39, 0.29) is 30.0 Å². The summed E-state index contributed by atoms with van der Waals surface area (Å²) >= 11 is 0. The van der Waals surface area contributed by atoms with Crippen molar-refractivity contribution < 1.29 is 14.3 Å². The summed E-state index contributed by atoms with van der Waals surface area (Å²) in [5.74, 6) is 0. The maximum atomic E-state index is 9.69. The Morgan fingerprint density at radius 3 is 1.91 bits per heavy atom. The Morgan fingerprint density at radius 2 is 1.40 bits per heavy atom. The summed E-state index contributed by atoms with van der Waals surface area (Å²) < 4.78 is 13.8. The summed E-state index contributed by atoms with van der Waals surface area (Å²) in [6.45, 7) is 7.06. The molecule has 0 amide bonds. The van der Waals surface area contributed by atoms with Gasteiger partial charge >= 0.3 is 0 Å². The van der Waals surface area contributed by atoms with E-state index < -0.39 is 8.32 Å². The van der Waals surface area contributed by atoms with Crippen LogP contribution in [-0.2, 0) is 9.16 Å². The second-order valence-electron chi connectivity index (χ2n) is 10.5. The molecule has 1 saturated heterocycles. The van der Waals surface area contributed by atoms with Crippen LogP contribution in [0.15, 0.2) is 97.1 Å². The highest BCUT2D eigenvalue weighted by atomic mass is 28.4. The zero-order valence-electron chi connectivity index (χ0n) is 21.1. The van der Waals surface area contributed by atoms with Gasteiger partial charge < -0.3 is 14.3 Å². The van der Waals surface area contributed by atoms with Gasteiger partial charge in [0.1, 0.15) is 0 Å². The number of hydrogen-bond donors (Lipinski definition) is 1. The average Bonchev–Trinajstić information content (AvgIpc) is 2.87. The van der Waals surface area contributed by atoms with Gasteiger partial charge in [-0.25, -0.2) is 0 Å². The number of hydrogen-bond acceptors (Lipinski definition) is 3. The Morgan fingerprint density at radius 1 is 0.857 bits per heavy atom. The first kappa shape index (κ1) is 25.6. The van der Waals surface area contributed by atoms with Crippen LogP contribution in [0.25, 0.3) is 6.08 Å². The van der Waals surface area contributed by atoms with E-state index in [4.69, 9.17) is 9.16 Å². The summed E-state index contributed by atoms with van der Waals surface area (Å²) in [5, 5.41) is 12.2. The minimum atomic E-state index is -2.65. The molecule has 1 aliphatic heterocycles. The first-order valence-corrected chi connectivity index (χ1v) is 14.6. The van der Waals surface area contributed by atoms with E-state index in [0.717, 1.165) is 18.4 Å². The number of ether oxygens (including phenoxy) is 1. The second kappa shape index (κ2) is 11.5. The van der Waals surface area contributed by atoms with Gasteiger partial charge in [0.25, 0.3) is 8.32 Å². The molecule has 1 fully saturated rings. The molecule has 0 unspecified atom stereocenters. The highest BCUT2D eigenvalue weighted by Crippen LogP contribution is 2.39. The van der Waals surface area contributed by atoms with Crippen LogP contribution in [0.5, 0.6) is 0 Å². The van der Waals surface area contributed by atoms with Gasteiger partial charge in [-0.2, -0.15) is 0 Å². The summed E-state index contributed by atoms with van der Waals surface area (Å²) in [5.41, 5.74) is 1.16. The molecule has 3 atom stereocenters. The van der Waals surface area contributed by atoms with Crippen LogP contribution in [-0.4, -0.2) is 38.3 Å². The molecule has 0 spiro atoms. The van der Waals surface area contributed by atoms with E-state index in [1.807, 2.05) is 18.2 Å². The molecule has 4 heteroatoms. The molecule has 1 heterocycles. The molecule has 4 rings (SSSR count). The number of aliphatic hydroxyl groups excluding tert-OH is 1. The van der Waals surface area contributed by atoms with Crippen LogP contribution in [0.4, 0.5) is 0 Å². The highest BCUT2D eigenvalue weighted by Gasteiger charge is 2.52. The van der Waals surface area contributed by atoms with Crippen molar-refractivity contribution in [3.05, 3.63) is 103 Å². The lowest BCUT2D eigenvalue weighted by atomic mass is 9.98. The van der Waals surface area contributed by atoms with E-state index in [0.29, 0.717) is 6.42 Å². The fourth-order valence-corrected chi connectivity index (χ4v) is 9.99. The SMILES string of the molecule is CC(C)(C)[Si](O[C@H]1C[C@@H](CCO)O[C@@H](/C=C/c2ccccc2)C1)(c1ccccc1)c1ccccc1. The summed E-state index contributed by atoms with van der Waals surface area (Å²) in [6.07, 6.45) is 6.46. The van der Waals surface area contributed by atoms with Crippen molar-refractivity contribution in [2.24, 2.45) is 0 Å². The Labute approximate surface area is 211 Å². The van der Waals surface area contributed by atoms with Crippen LogP contribution in [0.3, 0.4) is 0 Å². The van der Waals surface area contributed by atoms with Crippen LogP contribution >= 0.6 is 0 Å². The normalized spacial score (nSPS) is 21.3. The van der Waals surface area contributed by atoms with Crippen molar-refractivity contribution in [2.75, 3.05) is 6.61 Å². The van der Waals surface area contributed by atoms with Gasteiger partial charge in [0.2, 0.25) is 0 Å². The maximum absolute atomic E-state index is 9.69. The van der Waals surface area contributed by atoms with Gasteiger partial charge in [0, 0.05) is 13.0 Å². The zero-order valence-corrected chi connectivity index (χ0v) is 22.1. The Kier molecular flexibility index (Phi) is 8.40. The molecule has 1 aliphatic rings. The molecule has 35 heavy (non-hydrogen) atoms. The third kappa shape index (κ3) is 6.02. The Bertz CT molecular complexity index is 1020. The summed E-state index contributed by atoms with van der Waals surface area (Å²) in [6, 6.07) is 31.9. The average molecular weight is 487 g/mol. The highest BCUT2D eigenvalue weighted by molar-refractivity contribution is 6.99. The lowest BCUT2D eigenvalue weighted by Crippen LogP contribution is -2.68. The molecule has 3 nitrogen and oxygen atoms in total. The monoisotopic (exact) mass is 486 g/mol. The van der Waals surface area contributed by atoms with Crippen molar-refractivity contribution in [1.82, 2.24) is 0 Å². The molecular formula is C31H38O3Si. The zero-order chi connectivity index (χ0) is 24.7. The van der Waals surface area contributed by atoms with E-state index in [9.17, 15) is 5.11 Å². The molecule has 0 aromatic heterocycles. The van der Waals surface area contributed by atoms with Crippen LogP contribution in [0.1, 0.15) is 45.6 Å². The largest absolute Gasteiger partial charge is 0.404 e. The molecule has 0 saturated carbocycles. The Balaban J connectivity index is 1.70. The third-order valence-corrected chi connectivity index (χ3v) is 12.0. The summed E-state index contributed by atoms with van der Waals surface area (Å²) in [7, 11) is -2.65. The van der Waals surface area contributed by atoms with Crippen molar-refractivity contribution in [3.8, 4) is 0 Å². The van der Waals surface area contributed by atoms with Crippen molar-refractivity contribution in [1.29, 1.82) is 0 Å².